The maximum absolute atomic E-state index is 12.7. The molecule has 1 aromatic carbocycles. The predicted molar refractivity (Wildman–Crippen MR) is 89.0 cm³/mol. The van der Waals surface area contributed by atoms with Crippen LogP contribution < -0.4 is 4.74 Å². The summed E-state index contributed by atoms with van der Waals surface area (Å²) in [6, 6.07) is 3.31. The third-order valence-electron chi connectivity index (χ3n) is 5.03. The molecule has 0 spiro atoms. The number of hydrogen-bond acceptors (Lipinski definition) is 2. The van der Waals surface area contributed by atoms with Crippen molar-refractivity contribution in [1.82, 2.24) is 4.90 Å². The lowest BCUT2D eigenvalue weighted by molar-refractivity contribution is 0.0521. The van der Waals surface area contributed by atoms with Crippen molar-refractivity contribution in [1.29, 1.82) is 0 Å². The SMILES string of the molecule is COc1c(Cl)cc(C(=O)N2CC[C@H]3CCCC[C@@H]3C2)cc1Cl. The standard InChI is InChI=1S/C17H21Cl2NO2/c1-22-16-14(18)8-13(9-15(16)19)17(21)20-7-6-11-4-2-3-5-12(11)10-20/h8-9,11-12H,2-7,10H2,1H3/t11-,12-/m1/s1. The van der Waals surface area contributed by atoms with Crippen LogP contribution in [0.2, 0.25) is 10.0 Å². The van der Waals surface area contributed by atoms with Crippen LogP contribution in [0.25, 0.3) is 0 Å². The van der Waals surface area contributed by atoms with E-state index in [1.54, 1.807) is 12.1 Å². The lowest BCUT2D eigenvalue weighted by Gasteiger charge is -2.41. The zero-order valence-electron chi connectivity index (χ0n) is 12.8. The fourth-order valence-corrected chi connectivity index (χ4v) is 4.49. The number of methoxy groups -OCH3 is 1. The summed E-state index contributed by atoms with van der Waals surface area (Å²) in [7, 11) is 1.52. The summed E-state index contributed by atoms with van der Waals surface area (Å²) in [4.78, 5) is 14.7. The molecule has 120 valence electrons. The van der Waals surface area contributed by atoms with Gasteiger partial charge in [-0.2, -0.15) is 0 Å². The summed E-state index contributed by atoms with van der Waals surface area (Å²) in [5.41, 5.74) is 0.546. The molecule has 0 N–H and O–H groups in total. The molecule has 2 aliphatic rings. The Morgan fingerprint density at radius 1 is 1.14 bits per heavy atom. The lowest BCUT2D eigenvalue weighted by atomic mass is 9.75. The monoisotopic (exact) mass is 341 g/mol. The summed E-state index contributed by atoms with van der Waals surface area (Å²) in [5.74, 6) is 1.91. The van der Waals surface area contributed by atoms with Crippen molar-refractivity contribution in [3.8, 4) is 5.75 Å². The van der Waals surface area contributed by atoms with Crippen molar-refractivity contribution in [2.75, 3.05) is 20.2 Å². The van der Waals surface area contributed by atoms with Gasteiger partial charge in [-0.05, 0) is 36.8 Å². The number of piperidine rings is 1. The smallest absolute Gasteiger partial charge is 0.253 e. The van der Waals surface area contributed by atoms with Gasteiger partial charge in [-0.3, -0.25) is 4.79 Å². The zero-order valence-corrected chi connectivity index (χ0v) is 14.3. The first-order valence-corrected chi connectivity index (χ1v) is 8.68. The third kappa shape index (κ3) is 3.07. The Kier molecular flexibility index (Phi) is 4.84. The van der Waals surface area contributed by atoms with Gasteiger partial charge in [-0.1, -0.05) is 42.5 Å². The second-order valence-corrected chi connectivity index (χ2v) is 7.13. The van der Waals surface area contributed by atoms with Crippen molar-refractivity contribution in [2.24, 2.45) is 11.8 Å². The van der Waals surface area contributed by atoms with Crippen LogP contribution >= 0.6 is 23.2 Å². The maximum Gasteiger partial charge on any atom is 0.253 e. The van der Waals surface area contributed by atoms with Gasteiger partial charge in [0, 0.05) is 18.7 Å². The number of fused-ring (bicyclic) bond motifs is 1. The minimum absolute atomic E-state index is 0.0236. The molecule has 0 unspecified atom stereocenters. The Morgan fingerprint density at radius 2 is 1.77 bits per heavy atom. The highest BCUT2D eigenvalue weighted by Gasteiger charge is 2.33. The molecule has 3 rings (SSSR count). The van der Waals surface area contributed by atoms with Gasteiger partial charge in [-0.15, -0.1) is 0 Å². The molecule has 1 saturated carbocycles. The molecular formula is C17H21Cl2NO2. The number of nitrogens with zero attached hydrogens (tertiary/aromatic N) is 1. The van der Waals surface area contributed by atoms with Crippen LogP contribution in [0.15, 0.2) is 12.1 Å². The van der Waals surface area contributed by atoms with Crippen molar-refractivity contribution in [2.45, 2.75) is 32.1 Å². The molecule has 3 nitrogen and oxygen atoms in total. The van der Waals surface area contributed by atoms with Crippen molar-refractivity contribution in [3.05, 3.63) is 27.7 Å². The van der Waals surface area contributed by atoms with E-state index in [-0.39, 0.29) is 5.91 Å². The largest absolute Gasteiger partial charge is 0.494 e. The Morgan fingerprint density at radius 3 is 2.41 bits per heavy atom. The van der Waals surface area contributed by atoms with E-state index in [4.69, 9.17) is 27.9 Å². The number of likely N-dealkylation sites (tertiary alicyclic amines) is 1. The minimum Gasteiger partial charge on any atom is -0.494 e. The third-order valence-corrected chi connectivity index (χ3v) is 5.59. The lowest BCUT2D eigenvalue weighted by Crippen LogP contribution is -2.44. The Balaban J connectivity index is 1.76. The first-order chi connectivity index (χ1) is 10.6. The number of carbonyl (C=O) groups is 1. The fraction of sp³-hybridized carbons (Fsp3) is 0.588. The molecule has 1 aromatic rings. The zero-order chi connectivity index (χ0) is 15.7. The minimum atomic E-state index is 0.0236. The molecule has 2 fully saturated rings. The van der Waals surface area contributed by atoms with Gasteiger partial charge in [0.15, 0.2) is 5.75 Å². The summed E-state index contributed by atoms with van der Waals surface area (Å²) in [6.45, 7) is 1.70. The maximum atomic E-state index is 12.7. The van der Waals surface area contributed by atoms with Crippen molar-refractivity contribution in [3.63, 3.8) is 0 Å². The highest BCUT2D eigenvalue weighted by Crippen LogP contribution is 2.38. The highest BCUT2D eigenvalue weighted by molar-refractivity contribution is 6.37. The van der Waals surface area contributed by atoms with E-state index in [1.807, 2.05) is 4.90 Å². The number of amides is 1. The molecule has 1 heterocycles. The van der Waals surface area contributed by atoms with E-state index in [0.29, 0.717) is 27.3 Å². The van der Waals surface area contributed by atoms with Gasteiger partial charge >= 0.3 is 0 Å². The van der Waals surface area contributed by atoms with E-state index in [2.05, 4.69) is 0 Å². The molecule has 1 amide bonds. The summed E-state index contributed by atoms with van der Waals surface area (Å²) in [5, 5.41) is 0.761. The molecule has 22 heavy (non-hydrogen) atoms. The molecular weight excluding hydrogens is 321 g/mol. The Labute approximate surface area is 141 Å². The Bertz CT molecular complexity index is 553. The molecule has 0 bridgehead atoms. The van der Waals surface area contributed by atoms with Gasteiger partial charge in [-0.25, -0.2) is 0 Å². The molecule has 1 saturated heterocycles. The van der Waals surface area contributed by atoms with E-state index < -0.39 is 0 Å². The van der Waals surface area contributed by atoms with E-state index in [1.165, 1.54) is 32.8 Å². The van der Waals surface area contributed by atoms with Crippen LogP contribution in [0.4, 0.5) is 0 Å². The molecule has 1 aliphatic heterocycles. The number of carbonyl (C=O) groups excluding carboxylic acids is 1. The predicted octanol–water partition coefficient (Wildman–Crippen LogP) is 4.65. The van der Waals surface area contributed by atoms with Gasteiger partial charge in [0.2, 0.25) is 0 Å². The topological polar surface area (TPSA) is 29.5 Å². The van der Waals surface area contributed by atoms with Gasteiger partial charge in [0.25, 0.3) is 5.91 Å². The van der Waals surface area contributed by atoms with Crippen LogP contribution in [0, 0.1) is 11.8 Å². The molecule has 2 atom stereocenters. The van der Waals surface area contributed by atoms with Gasteiger partial charge in [0.1, 0.15) is 0 Å². The van der Waals surface area contributed by atoms with Crippen LogP contribution in [-0.4, -0.2) is 31.0 Å². The average Bonchev–Trinajstić information content (AvgIpc) is 2.53. The van der Waals surface area contributed by atoms with Crippen molar-refractivity contribution < 1.29 is 9.53 Å². The second kappa shape index (κ2) is 6.67. The molecule has 0 radical (unpaired) electrons. The average molecular weight is 342 g/mol. The van der Waals surface area contributed by atoms with E-state index in [9.17, 15) is 4.79 Å². The first kappa shape index (κ1) is 15.9. The normalized spacial score (nSPS) is 24.8. The van der Waals surface area contributed by atoms with E-state index >= 15 is 0 Å². The summed E-state index contributed by atoms with van der Waals surface area (Å²) >= 11 is 12.3. The van der Waals surface area contributed by atoms with Gasteiger partial charge < -0.3 is 9.64 Å². The van der Waals surface area contributed by atoms with Crippen molar-refractivity contribution >= 4 is 29.1 Å². The van der Waals surface area contributed by atoms with Crippen LogP contribution in [0.5, 0.6) is 5.75 Å². The van der Waals surface area contributed by atoms with Crippen LogP contribution in [0.1, 0.15) is 42.5 Å². The highest BCUT2D eigenvalue weighted by atomic mass is 35.5. The molecule has 0 aromatic heterocycles. The number of benzene rings is 1. The van der Waals surface area contributed by atoms with Crippen LogP contribution in [-0.2, 0) is 0 Å². The molecule has 5 heteroatoms. The fourth-order valence-electron chi connectivity index (χ4n) is 3.85. The quantitative estimate of drug-likeness (QED) is 0.783. The van der Waals surface area contributed by atoms with Crippen LogP contribution in [0.3, 0.4) is 0 Å². The Hall–Kier alpha value is -0.930. The number of hydrogen-bond donors (Lipinski definition) is 0. The number of halogens is 2. The number of rotatable bonds is 2. The second-order valence-electron chi connectivity index (χ2n) is 6.32. The van der Waals surface area contributed by atoms with Gasteiger partial charge in [0.05, 0.1) is 17.2 Å². The number of ether oxygens (including phenoxy) is 1. The first-order valence-electron chi connectivity index (χ1n) is 7.92. The summed E-state index contributed by atoms with van der Waals surface area (Å²) in [6.07, 6.45) is 6.34. The summed E-state index contributed by atoms with van der Waals surface area (Å²) < 4.78 is 5.14. The molecule has 1 aliphatic carbocycles. The van der Waals surface area contributed by atoms with E-state index in [0.717, 1.165) is 25.4 Å².